The van der Waals surface area contributed by atoms with E-state index in [1.807, 2.05) is 0 Å². The van der Waals surface area contributed by atoms with Crippen molar-refractivity contribution in [1.82, 2.24) is 0 Å². The molecule has 0 aromatic carbocycles. The summed E-state index contributed by atoms with van der Waals surface area (Å²) < 4.78 is 0. The normalized spacial score (nSPS) is 25.8. The SMILES string of the molecule is CC1=CC=CC1(C)[SiH]C1C=CC=C1.[Cl-].[Cl-].[Zr+3]. The number of rotatable bonds is 2. The van der Waals surface area contributed by atoms with Crippen molar-refractivity contribution in [2.24, 2.45) is 0 Å². The Morgan fingerprint density at radius 2 is 1.69 bits per heavy atom. The van der Waals surface area contributed by atoms with Crippen LogP contribution in [0.15, 0.2) is 48.1 Å². The van der Waals surface area contributed by atoms with Gasteiger partial charge in [-0.2, -0.15) is 0 Å². The van der Waals surface area contributed by atoms with Crippen molar-refractivity contribution in [3.05, 3.63) is 48.1 Å². The molecule has 0 bridgehead atoms. The van der Waals surface area contributed by atoms with Crippen LogP contribution in [0.25, 0.3) is 0 Å². The Labute approximate surface area is 132 Å². The fourth-order valence-electron chi connectivity index (χ4n) is 1.85. The van der Waals surface area contributed by atoms with E-state index >= 15 is 0 Å². The maximum Gasteiger partial charge on any atom is 3.00 e. The predicted octanol–water partition coefficient (Wildman–Crippen LogP) is -2.96. The van der Waals surface area contributed by atoms with Gasteiger partial charge in [0.05, 0.1) is 9.52 Å². The minimum Gasteiger partial charge on any atom is -1.00 e. The zero-order chi connectivity index (χ0) is 9.31. The third kappa shape index (κ3) is 4.14. The molecule has 2 aliphatic carbocycles. The first-order valence-corrected chi connectivity index (χ1v) is 6.03. The maximum absolute atomic E-state index is 2.36. The van der Waals surface area contributed by atoms with Crippen molar-refractivity contribution in [2.75, 3.05) is 0 Å². The Morgan fingerprint density at radius 3 is 2.12 bits per heavy atom. The Hall–Kier alpha value is 0.640. The molecule has 1 unspecified atom stereocenters. The minimum absolute atomic E-state index is 0. The van der Waals surface area contributed by atoms with E-state index in [1.54, 1.807) is 0 Å². The van der Waals surface area contributed by atoms with Gasteiger partial charge in [0.2, 0.25) is 0 Å². The summed E-state index contributed by atoms with van der Waals surface area (Å²) in [6, 6.07) is 0. The molecule has 0 aromatic rings. The van der Waals surface area contributed by atoms with Crippen LogP contribution in [0.3, 0.4) is 0 Å². The summed E-state index contributed by atoms with van der Waals surface area (Å²) >= 11 is 0. The van der Waals surface area contributed by atoms with Crippen molar-refractivity contribution in [2.45, 2.75) is 24.4 Å². The first-order valence-electron chi connectivity index (χ1n) is 4.78. The van der Waals surface area contributed by atoms with Gasteiger partial charge in [0.25, 0.3) is 0 Å². The molecular weight excluding hydrogens is 334 g/mol. The molecule has 0 saturated carbocycles. The van der Waals surface area contributed by atoms with Crippen molar-refractivity contribution in [3.8, 4) is 0 Å². The summed E-state index contributed by atoms with van der Waals surface area (Å²) in [7, 11) is 0.418. The summed E-state index contributed by atoms with van der Waals surface area (Å²) in [4.78, 5) is 0. The summed E-state index contributed by atoms with van der Waals surface area (Å²) in [5.74, 6) is 0. The number of hydrogen-bond acceptors (Lipinski definition) is 0. The predicted molar refractivity (Wildman–Crippen MR) is 60.4 cm³/mol. The van der Waals surface area contributed by atoms with E-state index in [0.717, 1.165) is 5.54 Å². The van der Waals surface area contributed by atoms with Gasteiger partial charge in [-0.25, -0.2) is 0 Å². The van der Waals surface area contributed by atoms with Crippen LogP contribution < -0.4 is 24.8 Å². The van der Waals surface area contributed by atoms with Crippen molar-refractivity contribution >= 4 is 9.52 Å². The standard InChI is InChI=1S/C12H15Si.2ClH.Zr/c1-10-6-5-9-12(10,2)13-11-7-3-4-8-11;;;/h3-9,11,13H,1-2H3;2*1H;/q;;;+3/p-2. The average Bonchev–Trinajstić information content (AvgIpc) is 2.65. The topological polar surface area (TPSA) is 0 Å². The van der Waals surface area contributed by atoms with E-state index in [2.05, 4.69) is 56.4 Å². The fraction of sp³-hybridized carbons (Fsp3) is 0.333. The molecule has 0 N–H and O–H groups in total. The average molecular weight is 349 g/mol. The first kappa shape index (κ1) is 19.0. The van der Waals surface area contributed by atoms with E-state index in [1.165, 1.54) is 5.57 Å². The summed E-state index contributed by atoms with van der Waals surface area (Å²) in [6.07, 6.45) is 15.8. The number of allylic oxidation sites excluding steroid dienone is 8. The number of hydrogen-bond donors (Lipinski definition) is 0. The molecular formula is C12H15Cl2SiZr+. The van der Waals surface area contributed by atoms with E-state index in [0.29, 0.717) is 14.6 Å². The molecule has 0 amide bonds. The third-order valence-electron chi connectivity index (χ3n) is 2.95. The quantitative estimate of drug-likeness (QED) is 0.468. The van der Waals surface area contributed by atoms with Gasteiger partial charge in [0, 0.05) is 0 Å². The largest absolute Gasteiger partial charge is 3.00 e. The van der Waals surface area contributed by atoms with Crippen LogP contribution in [-0.4, -0.2) is 9.52 Å². The molecule has 0 nitrogen and oxygen atoms in total. The van der Waals surface area contributed by atoms with Crippen molar-refractivity contribution < 1.29 is 51.0 Å². The molecule has 16 heavy (non-hydrogen) atoms. The van der Waals surface area contributed by atoms with Crippen LogP contribution in [0, 0.1) is 0 Å². The van der Waals surface area contributed by atoms with Gasteiger partial charge >= 0.3 is 26.2 Å². The summed E-state index contributed by atoms with van der Waals surface area (Å²) in [5.41, 5.74) is 2.24. The van der Waals surface area contributed by atoms with Gasteiger partial charge in [0.15, 0.2) is 0 Å². The van der Waals surface area contributed by atoms with Crippen molar-refractivity contribution in [1.29, 1.82) is 0 Å². The molecule has 0 aliphatic heterocycles. The van der Waals surface area contributed by atoms with E-state index in [4.69, 9.17) is 0 Å². The molecule has 0 saturated heterocycles. The van der Waals surface area contributed by atoms with E-state index in [-0.39, 0.29) is 51.0 Å². The molecule has 2 aliphatic rings. The van der Waals surface area contributed by atoms with Crippen LogP contribution in [-0.2, 0) is 26.2 Å². The maximum atomic E-state index is 2.36. The van der Waals surface area contributed by atoms with Crippen LogP contribution in [0.2, 0.25) is 10.6 Å². The van der Waals surface area contributed by atoms with Gasteiger partial charge in [-0.15, -0.1) is 0 Å². The Balaban J connectivity index is 0. The first-order chi connectivity index (χ1) is 6.21. The molecule has 2 radical (unpaired) electrons. The molecule has 84 valence electrons. The zero-order valence-electron chi connectivity index (χ0n) is 9.45. The second kappa shape index (κ2) is 7.87. The van der Waals surface area contributed by atoms with Crippen LogP contribution in [0.5, 0.6) is 0 Å². The second-order valence-electron chi connectivity index (χ2n) is 4.01. The zero-order valence-corrected chi connectivity index (χ0v) is 14.6. The van der Waals surface area contributed by atoms with Gasteiger partial charge in [-0.05, 0) is 17.5 Å². The monoisotopic (exact) mass is 347 g/mol. The Morgan fingerprint density at radius 1 is 1.12 bits per heavy atom. The molecule has 0 aromatic heterocycles. The van der Waals surface area contributed by atoms with Crippen LogP contribution in [0.4, 0.5) is 0 Å². The summed E-state index contributed by atoms with van der Waals surface area (Å²) in [5, 5.41) is 0.379. The Kier molecular flexibility index (Phi) is 9.34. The summed E-state index contributed by atoms with van der Waals surface area (Å²) in [6.45, 7) is 4.60. The van der Waals surface area contributed by atoms with Gasteiger partial charge in [0.1, 0.15) is 0 Å². The van der Waals surface area contributed by atoms with Crippen LogP contribution >= 0.6 is 0 Å². The van der Waals surface area contributed by atoms with Crippen molar-refractivity contribution in [3.63, 3.8) is 0 Å². The van der Waals surface area contributed by atoms with Gasteiger partial charge < -0.3 is 24.8 Å². The minimum atomic E-state index is 0. The van der Waals surface area contributed by atoms with Gasteiger partial charge in [-0.1, -0.05) is 55.0 Å². The molecule has 0 spiro atoms. The van der Waals surface area contributed by atoms with E-state index in [9.17, 15) is 0 Å². The molecule has 2 rings (SSSR count). The van der Waals surface area contributed by atoms with Gasteiger partial charge in [-0.3, -0.25) is 0 Å². The smallest absolute Gasteiger partial charge is 1.00 e. The molecule has 0 heterocycles. The fourth-order valence-corrected chi connectivity index (χ4v) is 3.71. The Bertz CT molecular complexity index is 322. The number of halogens is 2. The third-order valence-corrected chi connectivity index (χ3v) is 5.12. The molecule has 0 fully saturated rings. The second-order valence-corrected chi connectivity index (χ2v) is 6.31. The van der Waals surface area contributed by atoms with E-state index < -0.39 is 0 Å². The van der Waals surface area contributed by atoms with Crippen LogP contribution in [0.1, 0.15) is 13.8 Å². The molecule has 4 heteroatoms. The molecule has 1 atom stereocenters.